The summed E-state index contributed by atoms with van der Waals surface area (Å²) >= 11 is 0. The van der Waals surface area contributed by atoms with Gasteiger partial charge in [0.05, 0.1) is 5.52 Å². The number of aromatic nitrogens is 3. The Morgan fingerprint density at radius 3 is 2.45 bits per heavy atom. The number of nitrogens with one attached hydrogen (secondary N) is 1. The minimum atomic E-state index is -0.0570. The van der Waals surface area contributed by atoms with Crippen LogP contribution in [0.5, 0.6) is 5.75 Å². The van der Waals surface area contributed by atoms with Crippen molar-refractivity contribution in [3.8, 4) is 5.75 Å². The molecule has 8 heteroatoms. The number of fused-ring (bicyclic) bond motifs is 2. The van der Waals surface area contributed by atoms with Crippen molar-refractivity contribution >= 4 is 22.8 Å². The van der Waals surface area contributed by atoms with Gasteiger partial charge in [-0.05, 0) is 35.2 Å². The summed E-state index contributed by atoms with van der Waals surface area (Å²) < 4.78 is 5.94. The fourth-order valence-electron chi connectivity index (χ4n) is 4.96. The van der Waals surface area contributed by atoms with Crippen molar-refractivity contribution in [3.63, 3.8) is 0 Å². The molecule has 172 valence electrons. The van der Waals surface area contributed by atoms with Crippen LogP contribution in [0.15, 0.2) is 42.5 Å². The van der Waals surface area contributed by atoms with E-state index in [1.807, 2.05) is 40.1 Å². The van der Waals surface area contributed by atoms with Gasteiger partial charge in [-0.25, -0.2) is 0 Å². The molecule has 0 saturated carbocycles. The molecule has 2 aliphatic heterocycles. The number of H-pyrrole nitrogens is 1. The standard InChI is InChI=1S/C25H29N5O3/c1-25(2,3)19-6-4-5-7-22(19)33-15-23(31)29-11-17-13-30(14-18(17)12-29)24(32)16-8-9-20-21(10-16)27-28-26-20/h4-10,17-18H,11-15H2,1-3H3,(H,26,27,28)/t17-,18-/m0/s1. The van der Waals surface area contributed by atoms with Gasteiger partial charge in [0.25, 0.3) is 11.8 Å². The van der Waals surface area contributed by atoms with Gasteiger partial charge in [0.2, 0.25) is 0 Å². The van der Waals surface area contributed by atoms with Gasteiger partial charge in [-0.2, -0.15) is 0 Å². The number of carbonyl (C=O) groups is 2. The van der Waals surface area contributed by atoms with Gasteiger partial charge in [0.15, 0.2) is 6.61 Å². The molecule has 0 spiro atoms. The summed E-state index contributed by atoms with van der Waals surface area (Å²) in [4.78, 5) is 29.6. The van der Waals surface area contributed by atoms with Crippen LogP contribution < -0.4 is 4.74 Å². The van der Waals surface area contributed by atoms with Crippen molar-refractivity contribution in [3.05, 3.63) is 53.6 Å². The Morgan fingerprint density at radius 2 is 1.73 bits per heavy atom. The Bertz CT molecular complexity index is 1180. The molecular formula is C25H29N5O3. The number of hydrogen-bond donors (Lipinski definition) is 1. The average molecular weight is 448 g/mol. The fraction of sp³-hybridized carbons (Fsp3) is 0.440. The molecule has 1 aromatic heterocycles. The van der Waals surface area contributed by atoms with Crippen molar-refractivity contribution in [2.75, 3.05) is 32.8 Å². The molecule has 0 aliphatic carbocycles. The van der Waals surface area contributed by atoms with Gasteiger partial charge >= 0.3 is 0 Å². The lowest BCUT2D eigenvalue weighted by Gasteiger charge is -2.24. The van der Waals surface area contributed by atoms with Crippen LogP contribution in [0.2, 0.25) is 0 Å². The zero-order valence-corrected chi connectivity index (χ0v) is 19.2. The number of aromatic amines is 1. The van der Waals surface area contributed by atoms with E-state index in [1.54, 1.807) is 12.1 Å². The summed E-state index contributed by atoms with van der Waals surface area (Å²) in [6.45, 7) is 9.10. The molecule has 33 heavy (non-hydrogen) atoms. The monoisotopic (exact) mass is 447 g/mol. The summed E-state index contributed by atoms with van der Waals surface area (Å²) in [5.74, 6) is 1.38. The predicted octanol–water partition coefficient (Wildman–Crippen LogP) is 2.86. The highest BCUT2D eigenvalue weighted by atomic mass is 16.5. The lowest BCUT2D eigenvalue weighted by molar-refractivity contribution is -0.132. The van der Waals surface area contributed by atoms with Crippen LogP contribution in [0, 0.1) is 11.8 Å². The van der Waals surface area contributed by atoms with Crippen molar-refractivity contribution in [2.45, 2.75) is 26.2 Å². The van der Waals surface area contributed by atoms with Crippen LogP contribution >= 0.6 is 0 Å². The quantitative estimate of drug-likeness (QED) is 0.664. The molecule has 0 unspecified atom stereocenters. The first-order valence-corrected chi connectivity index (χ1v) is 11.4. The highest BCUT2D eigenvalue weighted by molar-refractivity contribution is 5.97. The summed E-state index contributed by atoms with van der Waals surface area (Å²) in [5, 5.41) is 10.6. The Kier molecular flexibility index (Phi) is 5.31. The van der Waals surface area contributed by atoms with E-state index in [-0.39, 0.29) is 23.8 Å². The molecule has 2 saturated heterocycles. The Balaban J connectivity index is 1.17. The number of benzene rings is 2. The first-order chi connectivity index (χ1) is 15.8. The van der Waals surface area contributed by atoms with Crippen LogP contribution in [0.4, 0.5) is 0 Å². The Labute approximate surface area is 192 Å². The summed E-state index contributed by atoms with van der Waals surface area (Å²) in [6, 6.07) is 13.3. The number of para-hydroxylation sites is 1. The summed E-state index contributed by atoms with van der Waals surface area (Å²) in [5.41, 5.74) is 3.15. The second-order valence-corrected chi connectivity index (χ2v) is 10.1. The average Bonchev–Trinajstić information content (AvgIpc) is 3.50. The molecule has 5 rings (SSSR count). The number of amides is 2. The third-order valence-electron chi connectivity index (χ3n) is 6.75. The zero-order valence-electron chi connectivity index (χ0n) is 19.2. The van der Waals surface area contributed by atoms with E-state index < -0.39 is 0 Å². The highest BCUT2D eigenvalue weighted by Crippen LogP contribution is 2.33. The number of nitrogens with zero attached hydrogens (tertiary/aromatic N) is 4. The molecule has 3 heterocycles. The SMILES string of the molecule is CC(C)(C)c1ccccc1OCC(=O)N1C[C@H]2CN(C(=O)c3ccc4[nH]nnc4c3)C[C@@H]2C1. The van der Waals surface area contributed by atoms with Crippen LogP contribution in [0.3, 0.4) is 0 Å². The van der Waals surface area contributed by atoms with E-state index in [0.29, 0.717) is 49.1 Å². The molecule has 3 aromatic rings. The minimum absolute atomic E-state index is 0.00229. The van der Waals surface area contributed by atoms with Gasteiger partial charge in [-0.3, -0.25) is 14.7 Å². The van der Waals surface area contributed by atoms with Crippen molar-refractivity contribution in [1.82, 2.24) is 25.2 Å². The molecule has 1 N–H and O–H groups in total. The van der Waals surface area contributed by atoms with E-state index in [2.05, 4.69) is 36.2 Å². The lowest BCUT2D eigenvalue weighted by atomic mass is 9.86. The predicted molar refractivity (Wildman–Crippen MR) is 124 cm³/mol. The first kappa shape index (κ1) is 21.4. The third kappa shape index (κ3) is 4.17. The molecule has 2 aromatic carbocycles. The van der Waals surface area contributed by atoms with Crippen LogP contribution in [0.25, 0.3) is 11.0 Å². The molecular weight excluding hydrogens is 418 g/mol. The van der Waals surface area contributed by atoms with Crippen molar-refractivity contribution < 1.29 is 14.3 Å². The van der Waals surface area contributed by atoms with Gasteiger partial charge in [-0.1, -0.05) is 44.2 Å². The van der Waals surface area contributed by atoms with E-state index in [9.17, 15) is 9.59 Å². The van der Waals surface area contributed by atoms with Crippen molar-refractivity contribution in [1.29, 1.82) is 0 Å². The maximum Gasteiger partial charge on any atom is 0.260 e. The van der Waals surface area contributed by atoms with Crippen LogP contribution in [-0.2, 0) is 10.2 Å². The summed E-state index contributed by atoms with van der Waals surface area (Å²) in [6.07, 6.45) is 0. The van der Waals surface area contributed by atoms with E-state index in [4.69, 9.17) is 4.74 Å². The number of hydrogen-bond acceptors (Lipinski definition) is 5. The molecule has 2 atom stereocenters. The van der Waals surface area contributed by atoms with Gasteiger partial charge in [-0.15, -0.1) is 5.10 Å². The number of ether oxygens (including phenoxy) is 1. The van der Waals surface area contributed by atoms with Gasteiger partial charge in [0.1, 0.15) is 11.3 Å². The molecule has 2 aliphatic rings. The third-order valence-corrected chi connectivity index (χ3v) is 6.75. The number of carbonyl (C=O) groups excluding carboxylic acids is 2. The topological polar surface area (TPSA) is 91.4 Å². The normalized spacial score (nSPS) is 20.3. The minimum Gasteiger partial charge on any atom is -0.483 e. The molecule has 2 fully saturated rings. The smallest absolute Gasteiger partial charge is 0.260 e. The maximum atomic E-state index is 13.0. The molecule has 8 nitrogen and oxygen atoms in total. The molecule has 0 radical (unpaired) electrons. The van der Waals surface area contributed by atoms with Crippen LogP contribution in [0.1, 0.15) is 36.7 Å². The first-order valence-electron chi connectivity index (χ1n) is 11.4. The molecule has 2 amide bonds. The van der Waals surface area contributed by atoms with E-state index in [1.165, 1.54) is 0 Å². The summed E-state index contributed by atoms with van der Waals surface area (Å²) in [7, 11) is 0. The fourth-order valence-corrected chi connectivity index (χ4v) is 4.96. The van der Waals surface area contributed by atoms with Crippen molar-refractivity contribution in [2.24, 2.45) is 11.8 Å². The molecule has 0 bridgehead atoms. The Hall–Kier alpha value is -3.42. The number of rotatable bonds is 4. The number of likely N-dealkylation sites (tertiary alicyclic amines) is 2. The zero-order chi connectivity index (χ0) is 23.2. The Morgan fingerprint density at radius 1 is 1.03 bits per heavy atom. The largest absolute Gasteiger partial charge is 0.483 e. The van der Waals surface area contributed by atoms with Crippen LogP contribution in [-0.4, -0.2) is 69.8 Å². The second-order valence-electron chi connectivity index (χ2n) is 10.1. The maximum absolute atomic E-state index is 13.0. The van der Waals surface area contributed by atoms with E-state index in [0.717, 1.165) is 16.8 Å². The lowest BCUT2D eigenvalue weighted by Crippen LogP contribution is -2.37. The second kappa shape index (κ2) is 8.17. The van der Waals surface area contributed by atoms with Gasteiger partial charge in [0, 0.05) is 43.6 Å². The van der Waals surface area contributed by atoms with Gasteiger partial charge < -0.3 is 14.5 Å². The van der Waals surface area contributed by atoms with E-state index >= 15 is 0 Å². The highest BCUT2D eigenvalue weighted by Gasteiger charge is 2.43.